The van der Waals surface area contributed by atoms with Gasteiger partial charge in [-0.15, -0.1) is 21.5 Å². The molecule has 4 aromatic rings. The van der Waals surface area contributed by atoms with Crippen LogP contribution >= 0.6 is 23.1 Å². The Balaban J connectivity index is 1.39. The molecule has 0 radical (unpaired) electrons. The SMILES string of the molecule is CC(NC(=O)CSc1nnc(-c2c[nH]c3ccccc23)o1)c1cccs1. The smallest absolute Gasteiger partial charge is 0.277 e. The maximum absolute atomic E-state index is 12.1. The molecule has 0 saturated carbocycles. The van der Waals surface area contributed by atoms with Gasteiger partial charge in [0.1, 0.15) is 0 Å². The highest BCUT2D eigenvalue weighted by Crippen LogP contribution is 2.29. The molecule has 0 aliphatic carbocycles. The molecule has 0 aliphatic rings. The number of amides is 1. The van der Waals surface area contributed by atoms with Crippen LogP contribution in [0.5, 0.6) is 0 Å². The molecule has 0 bridgehead atoms. The molecule has 8 heteroatoms. The monoisotopic (exact) mass is 384 g/mol. The van der Waals surface area contributed by atoms with Crippen molar-refractivity contribution < 1.29 is 9.21 Å². The minimum atomic E-state index is -0.0669. The first-order chi connectivity index (χ1) is 12.7. The number of H-pyrrole nitrogens is 1. The highest BCUT2D eigenvalue weighted by Gasteiger charge is 2.15. The van der Waals surface area contributed by atoms with Gasteiger partial charge in [0.25, 0.3) is 11.1 Å². The molecule has 3 heterocycles. The lowest BCUT2D eigenvalue weighted by molar-refractivity contribution is -0.119. The third kappa shape index (κ3) is 3.51. The molecule has 1 aromatic carbocycles. The van der Waals surface area contributed by atoms with Gasteiger partial charge in [0.15, 0.2) is 0 Å². The molecule has 4 rings (SSSR count). The van der Waals surface area contributed by atoms with Gasteiger partial charge < -0.3 is 14.7 Å². The van der Waals surface area contributed by atoms with Crippen LogP contribution in [0.15, 0.2) is 57.6 Å². The van der Waals surface area contributed by atoms with Crippen molar-refractivity contribution in [1.82, 2.24) is 20.5 Å². The number of carbonyl (C=O) groups is 1. The second-order valence-electron chi connectivity index (χ2n) is 5.71. The van der Waals surface area contributed by atoms with E-state index in [9.17, 15) is 4.79 Å². The zero-order valence-electron chi connectivity index (χ0n) is 13.9. The van der Waals surface area contributed by atoms with E-state index in [1.54, 1.807) is 11.3 Å². The number of hydrogen-bond acceptors (Lipinski definition) is 6. The Bertz CT molecular complexity index is 1020. The number of carbonyl (C=O) groups excluding carboxylic acids is 1. The van der Waals surface area contributed by atoms with Gasteiger partial charge in [-0.25, -0.2) is 0 Å². The third-order valence-corrected chi connectivity index (χ3v) is 5.77. The minimum absolute atomic E-state index is 0.00688. The normalized spacial score (nSPS) is 12.3. The molecule has 132 valence electrons. The quantitative estimate of drug-likeness (QED) is 0.486. The number of benzene rings is 1. The molecule has 0 aliphatic heterocycles. The van der Waals surface area contributed by atoms with Crippen LogP contribution in [0.1, 0.15) is 17.8 Å². The summed E-state index contributed by atoms with van der Waals surface area (Å²) in [7, 11) is 0. The topological polar surface area (TPSA) is 83.8 Å². The maximum atomic E-state index is 12.1. The van der Waals surface area contributed by atoms with Crippen molar-refractivity contribution in [2.24, 2.45) is 0 Å². The molecular formula is C18H16N4O2S2. The second kappa shape index (κ2) is 7.35. The van der Waals surface area contributed by atoms with Crippen molar-refractivity contribution in [1.29, 1.82) is 0 Å². The average molecular weight is 384 g/mol. The second-order valence-corrected chi connectivity index (χ2v) is 7.62. The zero-order valence-corrected chi connectivity index (χ0v) is 15.6. The largest absolute Gasteiger partial charge is 0.411 e. The van der Waals surface area contributed by atoms with E-state index in [1.165, 1.54) is 11.8 Å². The average Bonchev–Trinajstić information content (AvgIpc) is 3.39. The number of aromatic nitrogens is 3. The summed E-state index contributed by atoms with van der Waals surface area (Å²) in [6, 6.07) is 11.9. The molecular weight excluding hydrogens is 368 g/mol. The maximum Gasteiger partial charge on any atom is 0.277 e. The summed E-state index contributed by atoms with van der Waals surface area (Å²) in [4.78, 5) is 16.4. The first-order valence-electron chi connectivity index (χ1n) is 8.06. The van der Waals surface area contributed by atoms with Crippen LogP contribution in [0.3, 0.4) is 0 Å². The van der Waals surface area contributed by atoms with Crippen LogP contribution in [-0.4, -0.2) is 26.8 Å². The van der Waals surface area contributed by atoms with Gasteiger partial charge in [-0.1, -0.05) is 36.0 Å². The Kier molecular flexibility index (Phi) is 4.77. The van der Waals surface area contributed by atoms with Crippen molar-refractivity contribution in [2.75, 3.05) is 5.75 Å². The third-order valence-electron chi connectivity index (χ3n) is 3.90. The van der Waals surface area contributed by atoms with Gasteiger partial charge in [-0.2, -0.15) is 0 Å². The fraction of sp³-hybridized carbons (Fsp3) is 0.167. The fourth-order valence-electron chi connectivity index (χ4n) is 2.64. The van der Waals surface area contributed by atoms with Crippen LogP contribution in [-0.2, 0) is 4.79 Å². The first kappa shape index (κ1) is 16.9. The fourth-order valence-corrected chi connectivity index (χ4v) is 3.95. The molecule has 2 N–H and O–H groups in total. The van der Waals surface area contributed by atoms with Crippen molar-refractivity contribution >= 4 is 39.9 Å². The first-order valence-corrected chi connectivity index (χ1v) is 9.93. The standard InChI is InChI=1S/C18H16N4O2S2/c1-11(15-7-4-8-25-15)20-16(23)10-26-18-22-21-17(24-18)13-9-19-14-6-3-2-5-12(13)14/h2-9,11,19H,10H2,1H3,(H,20,23). The van der Waals surface area contributed by atoms with Crippen LogP contribution in [0.2, 0.25) is 0 Å². The van der Waals surface area contributed by atoms with Crippen LogP contribution < -0.4 is 5.32 Å². The van der Waals surface area contributed by atoms with Gasteiger partial charge in [0.05, 0.1) is 17.4 Å². The lowest BCUT2D eigenvalue weighted by Crippen LogP contribution is -2.27. The van der Waals surface area contributed by atoms with Crippen molar-refractivity contribution in [3.8, 4) is 11.5 Å². The van der Waals surface area contributed by atoms with E-state index in [0.717, 1.165) is 21.3 Å². The molecule has 1 atom stereocenters. The summed E-state index contributed by atoms with van der Waals surface area (Å²) in [6.45, 7) is 1.97. The lowest BCUT2D eigenvalue weighted by Gasteiger charge is -2.11. The van der Waals surface area contributed by atoms with Crippen molar-refractivity contribution in [3.05, 3.63) is 52.9 Å². The molecule has 0 fully saturated rings. The number of aromatic amines is 1. The Morgan fingerprint density at radius 3 is 3.04 bits per heavy atom. The summed E-state index contributed by atoms with van der Waals surface area (Å²) < 4.78 is 5.71. The summed E-state index contributed by atoms with van der Waals surface area (Å²) in [6.07, 6.45) is 1.85. The number of thioether (sulfide) groups is 1. The molecule has 0 saturated heterocycles. The predicted molar refractivity (Wildman–Crippen MR) is 103 cm³/mol. The van der Waals surface area contributed by atoms with E-state index >= 15 is 0 Å². The summed E-state index contributed by atoms with van der Waals surface area (Å²) in [5.74, 6) is 0.602. The molecule has 3 aromatic heterocycles. The molecule has 1 unspecified atom stereocenters. The molecule has 0 spiro atoms. The van der Waals surface area contributed by atoms with E-state index in [2.05, 4.69) is 20.5 Å². The van der Waals surface area contributed by atoms with Gasteiger partial charge in [0.2, 0.25) is 5.91 Å². The van der Waals surface area contributed by atoms with Crippen molar-refractivity contribution in [3.63, 3.8) is 0 Å². The van der Waals surface area contributed by atoms with E-state index in [-0.39, 0.29) is 17.7 Å². The van der Waals surface area contributed by atoms with E-state index < -0.39 is 0 Å². The summed E-state index contributed by atoms with van der Waals surface area (Å²) in [5, 5.41) is 14.5. The highest BCUT2D eigenvalue weighted by atomic mass is 32.2. The molecule has 6 nitrogen and oxygen atoms in total. The van der Waals surface area contributed by atoms with E-state index in [4.69, 9.17) is 4.42 Å². The number of hydrogen-bond donors (Lipinski definition) is 2. The van der Waals surface area contributed by atoms with Gasteiger partial charge >= 0.3 is 0 Å². The number of nitrogens with zero attached hydrogens (tertiary/aromatic N) is 2. The lowest BCUT2D eigenvalue weighted by atomic mass is 10.2. The van der Waals surface area contributed by atoms with E-state index in [0.29, 0.717) is 11.1 Å². The summed E-state index contributed by atoms with van der Waals surface area (Å²) >= 11 is 2.86. The highest BCUT2D eigenvalue weighted by molar-refractivity contribution is 7.99. The molecule has 26 heavy (non-hydrogen) atoms. The van der Waals surface area contributed by atoms with Crippen molar-refractivity contribution in [2.45, 2.75) is 18.2 Å². The number of fused-ring (bicyclic) bond motifs is 1. The summed E-state index contributed by atoms with van der Waals surface area (Å²) in [5.41, 5.74) is 1.87. The number of para-hydroxylation sites is 1. The number of thiophene rings is 1. The van der Waals surface area contributed by atoms with Crippen LogP contribution in [0.25, 0.3) is 22.4 Å². The Hall–Kier alpha value is -2.58. The van der Waals surface area contributed by atoms with E-state index in [1.807, 2.05) is 54.9 Å². The van der Waals surface area contributed by atoms with Gasteiger partial charge in [-0.05, 0) is 24.4 Å². The van der Waals surface area contributed by atoms with Gasteiger partial charge in [-0.3, -0.25) is 4.79 Å². The predicted octanol–water partition coefficient (Wildman–Crippen LogP) is 4.25. The Morgan fingerprint density at radius 2 is 2.19 bits per heavy atom. The molecule has 1 amide bonds. The Morgan fingerprint density at radius 1 is 1.31 bits per heavy atom. The van der Waals surface area contributed by atoms with Gasteiger partial charge in [0, 0.05) is 22.0 Å². The van der Waals surface area contributed by atoms with Crippen LogP contribution in [0.4, 0.5) is 0 Å². The number of nitrogens with one attached hydrogen (secondary N) is 2. The minimum Gasteiger partial charge on any atom is -0.411 e. The van der Waals surface area contributed by atoms with Crippen LogP contribution in [0, 0.1) is 0 Å². The zero-order chi connectivity index (χ0) is 17.9. The number of rotatable bonds is 6. The Labute approximate surface area is 158 Å².